The van der Waals surface area contributed by atoms with Gasteiger partial charge in [0.05, 0.1) is 0 Å². The Morgan fingerprint density at radius 3 is 1.75 bits per heavy atom. The van der Waals surface area contributed by atoms with Crippen LogP contribution in [0.5, 0.6) is 0 Å². The highest BCUT2D eigenvalue weighted by Gasteiger charge is 2.36. The average Bonchev–Trinajstić information content (AvgIpc) is 3.37. The van der Waals surface area contributed by atoms with E-state index in [0.717, 1.165) is 50.1 Å². The van der Waals surface area contributed by atoms with E-state index in [1.54, 1.807) is 0 Å². The lowest BCUT2D eigenvalue weighted by Crippen LogP contribution is -2.32. The Bertz CT molecular complexity index is 2340. The van der Waals surface area contributed by atoms with Crippen LogP contribution in [0.2, 0.25) is 0 Å². The molecule has 0 aliphatic heterocycles. The number of benzene rings is 6. The molecular formula is C49H44N2. The van der Waals surface area contributed by atoms with Crippen LogP contribution in [0.25, 0.3) is 35.6 Å². The van der Waals surface area contributed by atoms with Gasteiger partial charge in [0, 0.05) is 44.8 Å². The first-order valence-corrected chi connectivity index (χ1v) is 17.6. The number of allylic oxidation sites excluding steroid dienone is 2. The lowest BCUT2D eigenvalue weighted by Gasteiger charge is -2.28. The second kappa shape index (κ2) is 14.0. The van der Waals surface area contributed by atoms with Crippen molar-refractivity contribution in [3.8, 4) is 11.1 Å². The molecule has 0 heterocycles. The zero-order valence-corrected chi connectivity index (χ0v) is 30.0. The van der Waals surface area contributed by atoms with Gasteiger partial charge in [0.25, 0.3) is 0 Å². The molecule has 0 unspecified atom stereocenters. The van der Waals surface area contributed by atoms with Gasteiger partial charge in [-0.25, -0.2) is 0 Å². The summed E-state index contributed by atoms with van der Waals surface area (Å²) in [6, 6.07) is 52.0. The van der Waals surface area contributed by atoms with Gasteiger partial charge in [-0.2, -0.15) is 0 Å². The molecule has 7 rings (SSSR count). The highest BCUT2D eigenvalue weighted by molar-refractivity contribution is 5.87. The van der Waals surface area contributed by atoms with Gasteiger partial charge in [-0.3, -0.25) is 0 Å². The van der Waals surface area contributed by atoms with Crippen LogP contribution in [0.3, 0.4) is 0 Å². The molecule has 250 valence electrons. The van der Waals surface area contributed by atoms with E-state index in [4.69, 9.17) is 0 Å². The lowest BCUT2D eigenvalue weighted by molar-refractivity contribution is 0.660. The molecule has 0 atom stereocenters. The molecule has 0 fully saturated rings. The van der Waals surface area contributed by atoms with E-state index in [2.05, 4.69) is 189 Å². The zero-order chi connectivity index (χ0) is 35.5. The first kappa shape index (κ1) is 33.4. The van der Waals surface area contributed by atoms with Crippen molar-refractivity contribution in [2.24, 2.45) is 0 Å². The van der Waals surface area contributed by atoms with Crippen LogP contribution >= 0.6 is 0 Å². The maximum atomic E-state index is 4.37. The standard InChI is InChI=1S/C49H44N2/c1-7-16-36(3)50(37(4)44-22-15-14-17-35(44)2)42-28-25-38(26-29-42)23-24-39-27-31-45-46-32-30-43(34-48(46)49(5,6)47(45)33-39)51(40-18-10-8-11-19-40)41-20-12-9-13-21-41/h7-34H,2-3H2,1,4-6H3. The molecule has 0 spiro atoms. The summed E-state index contributed by atoms with van der Waals surface area (Å²) in [5, 5.41) is 2.10. The topological polar surface area (TPSA) is 6.48 Å². The first-order valence-electron chi connectivity index (χ1n) is 17.6. The summed E-state index contributed by atoms with van der Waals surface area (Å²) in [6.07, 6.45) is 8.48. The summed E-state index contributed by atoms with van der Waals surface area (Å²) in [5.74, 6) is 0. The SMILES string of the molecule is C=C(C=CC)N(C(C)=c1ccccc1=C)c1ccc(C=Cc2ccc3c(c2)C(C)(C)c2cc(N(c4ccccc4)c4ccccc4)ccc2-3)cc1. The maximum absolute atomic E-state index is 4.37. The van der Waals surface area contributed by atoms with Gasteiger partial charge < -0.3 is 9.80 Å². The summed E-state index contributed by atoms with van der Waals surface area (Å²) in [7, 11) is 0. The molecule has 6 aromatic rings. The minimum absolute atomic E-state index is 0.148. The van der Waals surface area contributed by atoms with E-state index in [1.807, 2.05) is 31.2 Å². The molecule has 1 aliphatic carbocycles. The molecule has 0 radical (unpaired) electrons. The number of hydrogen-bond acceptors (Lipinski definition) is 2. The third kappa shape index (κ3) is 6.49. The Morgan fingerprint density at radius 2 is 1.12 bits per heavy atom. The Hall–Kier alpha value is -6.12. The molecule has 2 nitrogen and oxygen atoms in total. The zero-order valence-electron chi connectivity index (χ0n) is 30.0. The molecule has 0 N–H and O–H groups in total. The van der Waals surface area contributed by atoms with E-state index >= 15 is 0 Å². The molecule has 0 saturated carbocycles. The third-order valence-electron chi connectivity index (χ3n) is 9.98. The maximum Gasteiger partial charge on any atom is 0.0465 e. The molecule has 6 aromatic carbocycles. The summed E-state index contributed by atoms with van der Waals surface area (Å²) in [6.45, 7) is 17.5. The quantitative estimate of drug-likeness (QED) is 0.112. The van der Waals surface area contributed by atoms with E-state index in [0.29, 0.717) is 0 Å². The number of anilines is 4. The van der Waals surface area contributed by atoms with Gasteiger partial charge in [0.2, 0.25) is 0 Å². The minimum atomic E-state index is -0.148. The Morgan fingerprint density at radius 1 is 0.588 bits per heavy atom. The van der Waals surface area contributed by atoms with Crippen LogP contribution in [0.1, 0.15) is 49.9 Å². The van der Waals surface area contributed by atoms with E-state index < -0.39 is 0 Å². The Labute approximate surface area is 303 Å². The predicted octanol–water partition coefficient (Wildman–Crippen LogP) is 11.8. The van der Waals surface area contributed by atoms with Crippen molar-refractivity contribution in [1.29, 1.82) is 0 Å². The van der Waals surface area contributed by atoms with Gasteiger partial charge in [0.1, 0.15) is 0 Å². The van der Waals surface area contributed by atoms with Gasteiger partial charge in [-0.05, 0) is 107 Å². The predicted molar refractivity (Wildman–Crippen MR) is 221 cm³/mol. The second-order valence-electron chi connectivity index (χ2n) is 13.7. The van der Waals surface area contributed by atoms with Gasteiger partial charge in [0.15, 0.2) is 0 Å². The van der Waals surface area contributed by atoms with E-state index in [9.17, 15) is 0 Å². The van der Waals surface area contributed by atoms with Crippen LogP contribution in [-0.2, 0) is 5.41 Å². The van der Waals surface area contributed by atoms with Crippen LogP contribution in [0.4, 0.5) is 22.7 Å². The van der Waals surface area contributed by atoms with Crippen LogP contribution in [-0.4, -0.2) is 0 Å². The normalized spacial score (nSPS) is 13.6. The molecule has 0 aromatic heterocycles. The molecule has 0 bridgehead atoms. The Balaban J connectivity index is 1.17. The molecule has 0 amide bonds. The number of para-hydroxylation sites is 2. The fourth-order valence-corrected chi connectivity index (χ4v) is 7.35. The lowest BCUT2D eigenvalue weighted by atomic mass is 9.81. The van der Waals surface area contributed by atoms with Crippen LogP contribution in [0, 0.1) is 0 Å². The highest BCUT2D eigenvalue weighted by Crippen LogP contribution is 2.51. The summed E-state index contributed by atoms with van der Waals surface area (Å²) in [5.41, 5.74) is 14.0. The number of hydrogen-bond donors (Lipinski definition) is 0. The van der Waals surface area contributed by atoms with Crippen molar-refractivity contribution in [2.45, 2.75) is 33.1 Å². The summed E-state index contributed by atoms with van der Waals surface area (Å²) >= 11 is 0. The third-order valence-corrected chi connectivity index (χ3v) is 9.98. The van der Waals surface area contributed by atoms with Crippen LogP contribution < -0.4 is 20.2 Å². The summed E-state index contributed by atoms with van der Waals surface area (Å²) in [4.78, 5) is 4.54. The smallest absolute Gasteiger partial charge is 0.0465 e. The van der Waals surface area contributed by atoms with Crippen molar-refractivity contribution in [2.75, 3.05) is 9.80 Å². The van der Waals surface area contributed by atoms with Crippen molar-refractivity contribution < 1.29 is 0 Å². The number of nitrogens with zero attached hydrogens (tertiary/aromatic N) is 2. The Kier molecular flexibility index (Phi) is 9.17. The van der Waals surface area contributed by atoms with Crippen LogP contribution in [0.15, 0.2) is 170 Å². The van der Waals surface area contributed by atoms with Crippen molar-refractivity contribution in [3.05, 3.63) is 203 Å². The molecule has 1 aliphatic rings. The van der Waals surface area contributed by atoms with Crippen molar-refractivity contribution >= 4 is 47.2 Å². The number of rotatable bonds is 9. The van der Waals surface area contributed by atoms with Gasteiger partial charge >= 0.3 is 0 Å². The van der Waals surface area contributed by atoms with Crippen molar-refractivity contribution in [3.63, 3.8) is 0 Å². The second-order valence-corrected chi connectivity index (χ2v) is 13.7. The molecule has 0 saturated heterocycles. The largest absolute Gasteiger partial charge is 0.315 e. The highest BCUT2D eigenvalue weighted by atomic mass is 15.1. The van der Waals surface area contributed by atoms with E-state index in [1.165, 1.54) is 27.8 Å². The minimum Gasteiger partial charge on any atom is -0.315 e. The van der Waals surface area contributed by atoms with Crippen molar-refractivity contribution in [1.82, 2.24) is 0 Å². The molecular weight excluding hydrogens is 617 g/mol. The average molecular weight is 661 g/mol. The van der Waals surface area contributed by atoms with Gasteiger partial charge in [-0.1, -0.05) is 142 Å². The summed E-state index contributed by atoms with van der Waals surface area (Å²) < 4.78 is 0. The number of fused-ring (bicyclic) bond motifs is 3. The fraction of sp³-hybridized carbons (Fsp3) is 0.102. The van der Waals surface area contributed by atoms with Gasteiger partial charge in [-0.15, -0.1) is 0 Å². The monoisotopic (exact) mass is 660 g/mol. The molecule has 51 heavy (non-hydrogen) atoms. The first-order chi connectivity index (χ1) is 24.8. The fourth-order valence-electron chi connectivity index (χ4n) is 7.35. The molecule has 2 heteroatoms. The van der Waals surface area contributed by atoms with E-state index in [-0.39, 0.29) is 5.41 Å².